The zero-order chi connectivity index (χ0) is 19.4. The summed E-state index contributed by atoms with van der Waals surface area (Å²) in [5, 5.41) is 9.55. The summed E-state index contributed by atoms with van der Waals surface area (Å²) >= 11 is 0. The summed E-state index contributed by atoms with van der Waals surface area (Å²) in [6, 6.07) is 5.43. The molecule has 1 aliphatic heterocycles. The number of Topliss-reactive ketones (excluding diaryl/α,β-unsaturated/α-hetero) is 1. The summed E-state index contributed by atoms with van der Waals surface area (Å²) in [6.45, 7) is 7.90. The van der Waals surface area contributed by atoms with Crippen LogP contribution in [0.1, 0.15) is 52.5 Å². The normalized spacial score (nSPS) is 17.1. The van der Waals surface area contributed by atoms with Gasteiger partial charge in [-0.25, -0.2) is 4.79 Å². The number of hydrogen-bond donors (Lipinski definition) is 2. The lowest BCUT2D eigenvalue weighted by atomic mass is 9.87. The first-order chi connectivity index (χ1) is 12.3. The molecule has 0 saturated heterocycles. The number of hydrogen-bond acceptors (Lipinski definition) is 4. The highest BCUT2D eigenvalue weighted by molar-refractivity contribution is 6.17. The van der Waals surface area contributed by atoms with Crippen LogP contribution in [0.4, 0.5) is 5.69 Å². The number of carboxylic acids is 1. The van der Waals surface area contributed by atoms with Crippen molar-refractivity contribution in [2.75, 3.05) is 5.73 Å². The molecule has 0 spiro atoms. The van der Waals surface area contributed by atoms with E-state index in [4.69, 9.17) is 10.5 Å². The second-order valence-corrected chi connectivity index (χ2v) is 7.01. The fourth-order valence-electron chi connectivity index (χ4n) is 3.09. The molecule has 1 heterocycles. The number of fused-ring (bicyclic) bond motifs is 1. The van der Waals surface area contributed by atoms with E-state index >= 15 is 0 Å². The minimum absolute atomic E-state index is 0.103. The largest absolute Gasteiger partial charge is 0.485 e. The van der Waals surface area contributed by atoms with Crippen molar-refractivity contribution < 1.29 is 19.4 Å². The van der Waals surface area contributed by atoms with E-state index in [0.717, 1.165) is 23.1 Å². The standard InChI is InChI=1S/C21H27NO4/c1-5-6-7-18(23)17(21(24)25)11-16-13(4)15-9-8-14(22)10-19(15)26-20(16)12(2)3/h8-12,20H,5-7,22H2,1-4H3,(H,24,25)/b17-11+. The molecule has 1 aliphatic rings. The SMILES string of the molecule is CCCCC(=O)/C(=C\C1=C(C)c2ccc(N)cc2OC1C(C)C)C(=O)O. The van der Waals surface area contributed by atoms with Crippen molar-refractivity contribution in [1.82, 2.24) is 0 Å². The van der Waals surface area contributed by atoms with Crippen LogP contribution in [0.15, 0.2) is 35.4 Å². The van der Waals surface area contributed by atoms with E-state index in [2.05, 4.69) is 0 Å². The Balaban J connectivity index is 2.57. The van der Waals surface area contributed by atoms with E-state index in [1.165, 1.54) is 6.08 Å². The number of carboxylic acid groups (broad SMARTS) is 1. The Hall–Kier alpha value is -2.56. The third kappa shape index (κ3) is 4.15. The van der Waals surface area contributed by atoms with Crippen molar-refractivity contribution in [3.63, 3.8) is 0 Å². The molecule has 0 aliphatic carbocycles. The van der Waals surface area contributed by atoms with Crippen LogP contribution in [-0.2, 0) is 9.59 Å². The van der Waals surface area contributed by atoms with Crippen LogP contribution in [0.2, 0.25) is 0 Å². The lowest BCUT2D eigenvalue weighted by molar-refractivity contribution is -0.134. The van der Waals surface area contributed by atoms with Crippen LogP contribution in [0.25, 0.3) is 5.57 Å². The van der Waals surface area contributed by atoms with Gasteiger partial charge >= 0.3 is 5.97 Å². The number of unbranched alkanes of at least 4 members (excludes halogenated alkanes) is 1. The van der Waals surface area contributed by atoms with Crippen molar-refractivity contribution in [2.45, 2.75) is 53.1 Å². The van der Waals surface area contributed by atoms with E-state index in [-0.39, 0.29) is 29.8 Å². The molecule has 2 rings (SSSR count). The Kier molecular flexibility index (Phi) is 6.24. The van der Waals surface area contributed by atoms with Gasteiger partial charge in [0.2, 0.25) is 0 Å². The molecule has 1 aromatic rings. The molecule has 0 fully saturated rings. The summed E-state index contributed by atoms with van der Waals surface area (Å²) in [4.78, 5) is 24.0. The van der Waals surface area contributed by atoms with Gasteiger partial charge in [0.05, 0.1) is 0 Å². The van der Waals surface area contributed by atoms with Gasteiger partial charge in [-0.05, 0) is 48.6 Å². The highest BCUT2D eigenvalue weighted by atomic mass is 16.5. The number of nitrogen functional groups attached to an aromatic ring is 1. The van der Waals surface area contributed by atoms with Crippen molar-refractivity contribution in [1.29, 1.82) is 0 Å². The van der Waals surface area contributed by atoms with Crippen LogP contribution < -0.4 is 10.5 Å². The molecule has 5 heteroatoms. The highest BCUT2D eigenvalue weighted by Crippen LogP contribution is 2.39. The van der Waals surface area contributed by atoms with E-state index < -0.39 is 5.97 Å². The average molecular weight is 357 g/mol. The van der Waals surface area contributed by atoms with Crippen LogP contribution in [0.3, 0.4) is 0 Å². The minimum Gasteiger partial charge on any atom is -0.485 e. The molecule has 0 bridgehead atoms. The molecular weight excluding hydrogens is 330 g/mol. The second-order valence-electron chi connectivity index (χ2n) is 7.01. The lowest BCUT2D eigenvalue weighted by Gasteiger charge is -2.32. The molecule has 0 saturated carbocycles. The summed E-state index contributed by atoms with van der Waals surface area (Å²) in [5.74, 6) is -0.749. The number of benzene rings is 1. The molecule has 26 heavy (non-hydrogen) atoms. The highest BCUT2D eigenvalue weighted by Gasteiger charge is 2.30. The minimum atomic E-state index is -1.20. The van der Waals surface area contributed by atoms with Gasteiger partial charge in [0.25, 0.3) is 0 Å². The summed E-state index contributed by atoms with van der Waals surface area (Å²) in [5.41, 5.74) is 8.80. The van der Waals surface area contributed by atoms with E-state index in [9.17, 15) is 14.7 Å². The molecule has 0 radical (unpaired) electrons. The number of aliphatic carboxylic acids is 1. The Labute approximate surface area is 154 Å². The fourth-order valence-corrected chi connectivity index (χ4v) is 3.09. The predicted octanol–water partition coefficient (Wildman–Crippen LogP) is 4.23. The average Bonchev–Trinajstić information content (AvgIpc) is 2.57. The van der Waals surface area contributed by atoms with Gasteiger partial charge in [-0.2, -0.15) is 0 Å². The summed E-state index contributed by atoms with van der Waals surface area (Å²) < 4.78 is 6.11. The molecule has 0 amide bonds. The first-order valence-electron chi connectivity index (χ1n) is 9.01. The van der Waals surface area contributed by atoms with Gasteiger partial charge in [0, 0.05) is 23.7 Å². The second kappa shape index (κ2) is 8.21. The molecule has 1 aromatic carbocycles. The third-order valence-electron chi connectivity index (χ3n) is 4.60. The molecule has 0 aromatic heterocycles. The van der Waals surface area contributed by atoms with E-state index in [1.807, 2.05) is 33.8 Å². The molecule has 1 atom stereocenters. The maximum absolute atomic E-state index is 12.4. The number of ketones is 1. The van der Waals surface area contributed by atoms with Crippen molar-refractivity contribution >= 4 is 23.0 Å². The Bertz CT molecular complexity index is 774. The zero-order valence-corrected chi connectivity index (χ0v) is 15.8. The van der Waals surface area contributed by atoms with Crippen LogP contribution in [0, 0.1) is 5.92 Å². The molecular formula is C21H27NO4. The number of carbonyl (C=O) groups is 2. The van der Waals surface area contributed by atoms with Crippen LogP contribution in [0.5, 0.6) is 5.75 Å². The maximum Gasteiger partial charge on any atom is 0.339 e. The van der Waals surface area contributed by atoms with Gasteiger partial charge < -0.3 is 15.6 Å². The van der Waals surface area contributed by atoms with Crippen molar-refractivity contribution in [3.8, 4) is 5.75 Å². The molecule has 140 valence electrons. The Morgan fingerprint density at radius 1 is 1.35 bits per heavy atom. The van der Waals surface area contributed by atoms with Crippen LogP contribution in [-0.4, -0.2) is 23.0 Å². The maximum atomic E-state index is 12.4. The van der Waals surface area contributed by atoms with E-state index in [1.54, 1.807) is 12.1 Å². The van der Waals surface area contributed by atoms with Gasteiger partial charge in [-0.1, -0.05) is 27.2 Å². The zero-order valence-electron chi connectivity index (χ0n) is 15.8. The first kappa shape index (κ1) is 19.8. The van der Waals surface area contributed by atoms with Gasteiger partial charge in [-0.15, -0.1) is 0 Å². The molecule has 3 N–H and O–H groups in total. The number of allylic oxidation sites excluding steroid dienone is 1. The Morgan fingerprint density at radius 3 is 2.62 bits per heavy atom. The van der Waals surface area contributed by atoms with Gasteiger partial charge in [0.15, 0.2) is 5.78 Å². The van der Waals surface area contributed by atoms with Gasteiger partial charge in [0.1, 0.15) is 17.4 Å². The first-order valence-corrected chi connectivity index (χ1v) is 9.01. The number of anilines is 1. The predicted molar refractivity (Wildman–Crippen MR) is 103 cm³/mol. The lowest BCUT2D eigenvalue weighted by Crippen LogP contribution is -2.29. The number of nitrogens with two attached hydrogens (primary N) is 1. The third-order valence-corrected chi connectivity index (χ3v) is 4.60. The van der Waals surface area contributed by atoms with Crippen molar-refractivity contribution in [3.05, 3.63) is 41.0 Å². The molecule has 5 nitrogen and oxygen atoms in total. The Morgan fingerprint density at radius 2 is 2.04 bits per heavy atom. The monoisotopic (exact) mass is 357 g/mol. The number of carbonyl (C=O) groups excluding carboxylic acids is 1. The number of rotatable bonds is 7. The summed E-state index contributed by atoms with van der Waals surface area (Å²) in [6.07, 6.45) is 2.92. The van der Waals surface area contributed by atoms with Crippen molar-refractivity contribution in [2.24, 2.45) is 5.92 Å². The summed E-state index contributed by atoms with van der Waals surface area (Å²) in [7, 11) is 0. The van der Waals surface area contributed by atoms with E-state index in [0.29, 0.717) is 17.9 Å². The van der Waals surface area contributed by atoms with Crippen LogP contribution >= 0.6 is 0 Å². The van der Waals surface area contributed by atoms with Gasteiger partial charge in [-0.3, -0.25) is 4.79 Å². The smallest absolute Gasteiger partial charge is 0.339 e. The number of ether oxygens (including phenoxy) is 1. The molecule has 1 unspecified atom stereocenters. The fraction of sp³-hybridized carbons (Fsp3) is 0.429. The topological polar surface area (TPSA) is 89.6 Å². The quantitative estimate of drug-likeness (QED) is 0.330.